The van der Waals surface area contributed by atoms with Crippen LogP contribution in [0.25, 0.3) is 5.69 Å². The van der Waals surface area contributed by atoms with E-state index >= 15 is 0 Å². The third kappa shape index (κ3) is 3.38. The highest BCUT2D eigenvalue weighted by molar-refractivity contribution is 5.92. The molecule has 0 bridgehead atoms. The Labute approximate surface area is 139 Å². The number of nitrogens with one attached hydrogen (secondary N) is 1. The number of hydrogen-bond acceptors (Lipinski definition) is 4. The number of amides is 1. The maximum atomic E-state index is 12.2. The van der Waals surface area contributed by atoms with Gasteiger partial charge in [0.15, 0.2) is 17.2 Å². The molecule has 0 saturated heterocycles. The van der Waals surface area contributed by atoms with Gasteiger partial charge in [0.2, 0.25) is 0 Å². The van der Waals surface area contributed by atoms with Crippen LogP contribution in [0.4, 0.5) is 0 Å². The molecule has 0 aliphatic carbocycles. The Kier molecular flexibility index (Phi) is 4.47. The minimum absolute atomic E-state index is 0.0394. The van der Waals surface area contributed by atoms with Gasteiger partial charge in [-0.15, -0.1) is 0 Å². The van der Waals surface area contributed by atoms with E-state index in [1.54, 1.807) is 35.1 Å². The van der Waals surface area contributed by atoms with E-state index < -0.39 is 0 Å². The number of methoxy groups -OCH3 is 1. The summed E-state index contributed by atoms with van der Waals surface area (Å²) in [7, 11) is 1.49. The number of carbonyl (C=O) groups excluding carboxylic acids is 1. The summed E-state index contributed by atoms with van der Waals surface area (Å²) in [6, 6.07) is 16.2. The van der Waals surface area contributed by atoms with Crippen LogP contribution in [0.15, 0.2) is 60.8 Å². The molecule has 0 spiro atoms. The van der Waals surface area contributed by atoms with Gasteiger partial charge >= 0.3 is 0 Å². The first-order valence-electron chi connectivity index (χ1n) is 7.42. The van der Waals surface area contributed by atoms with E-state index in [-0.39, 0.29) is 18.2 Å². The lowest BCUT2D eigenvalue weighted by Crippen LogP contribution is -2.23. The summed E-state index contributed by atoms with van der Waals surface area (Å²) in [6.07, 6.45) is 1.74. The number of benzene rings is 2. The van der Waals surface area contributed by atoms with Crippen molar-refractivity contribution in [3.63, 3.8) is 0 Å². The van der Waals surface area contributed by atoms with Gasteiger partial charge in [-0.3, -0.25) is 4.79 Å². The van der Waals surface area contributed by atoms with Crippen molar-refractivity contribution in [2.45, 2.75) is 6.54 Å². The zero-order valence-corrected chi connectivity index (χ0v) is 13.1. The van der Waals surface area contributed by atoms with E-state index in [0.717, 1.165) is 11.3 Å². The summed E-state index contributed by atoms with van der Waals surface area (Å²) in [5.41, 5.74) is 1.98. The Morgan fingerprint density at radius 3 is 2.71 bits per heavy atom. The second kappa shape index (κ2) is 6.87. The summed E-state index contributed by atoms with van der Waals surface area (Å²) in [4.78, 5) is 12.2. The average molecular weight is 323 g/mol. The van der Waals surface area contributed by atoms with Crippen LogP contribution in [0.3, 0.4) is 0 Å². The quantitative estimate of drug-likeness (QED) is 0.756. The highest BCUT2D eigenvalue weighted by atomic mass is 16.5. The van der Waals surface area contributed by atoms with Gasteiger partial charge in [-0.1, -0.05) is 24.3 Å². The van der Waals surface area contributed by atoms with Crippen molar-refractivity contribution in [1.82, 2.24) is 15.1 Å². The topological polar surface area (TPSA) is 76.4 Å². The predicted octanol–water partition coefficient (Wildman–Crippen LogP) is 2.52. The SMILES string of the molecule is COc1ccc(CNC(=O)c2ccn(-c3ccccc3)n2)cc1O. The first-order chi connectivity index (χ1) is 11.7. The molecule has 0 aliphatic rings. The van der Waals surface area contributed by atoms with Crippen molar-refractivity contribution in [1.29, 1.82) is 0 Å². The minimum Gasteiger partial charge on any atom is -0.504 e. The van der Waals surface area contributed by atoms with Crippen LogP contribution >= 0.6 is 0 Å². The Hall–Kier alpha value is -3.28. The van der Waals surface area contributed by atoms with Crippen molar-refractivity contribution < 1.29 is 14.6 Å². The molecule has 3 aromatic rings. The predicted molar refractivity (Wildman–Crippen MR) is 89.4 cm³/mol. The van der Waals surface area contributed by atoms with Crippen LogP contribution in [0.1, 0.15) is 16.1 Å². The normalized spacial score (nSPS) is 10.4. The van der Waals surface area contributed by atoms with Gasteiger partial charge in [0.25, 0.3) is 5.91 Å². The molecule has 6 heteroatoms. The zero-order valence-electron chi connectivity index (χ0n) is 13.1. The van der Waals surface area contributed by atoms with Gasteiger partial charge in [0, 0.05) is 12.7 Å². The lowest BCUT2D eigenvalue weighted by Gasteiger charge is -2.07. The zero-order chi connectivity index (χ0) is 16.9. The Morgan fingerprint density at radius 1 is 1.21 bits per heavy atom. The van der Waals surface area contributed by atoms with Gasteiger partial charge in [-0.2, -0.15) is 5.10 Å². The molecule has 0 radical (unpaired) electrons. The molecular weight excluding hydrogens is 306 g/mol. The third-order valence-electron chi connectivity index (χ3n) is 3.54. The molecule has 0 saturated carbocycles. The molecule has 0 aliphatic heterocycles. The number of phenols is 1. The van der Waals surface area contributed by atoms with Gasteiger partial charge < -0.3 is 15.2 Å². The molecule has 0 atom stereocenters. The molecule has 0 fully saturated rings. The summed E-state index contributed by atoms with van der Waals surface area (Å²) >= 11 is 0. The monoisotopic (exact) mass is 323 g/mol. The van der Waals surface area contributed by atoms with Crippen molar-refractivity contribution in [2.75, 3.05) is 7.11 Å². The Bertz CT molecular complexity index is 844. The van der Waals surface area contributed by atoms with E-state index in [9.17, 15) is 9.90 Å². The Balaban J connectivity index is 1.65. The first kappa shape index (κ1) is 15.6. The summed E-state index contributed by atoms with van der Waals surface area (Å²) < 4.78 is 6.64. The van der Waals surface area contributed by atoms with E-state index in [0.29, 0.717) is 11.4 Å². The molecule has 6 nitrogen and oxygen atoms in total. The summed E-state index contributed by atoms with van der Waals surface area (Å²) in [5, 5.41) is 16.8. The minimum atomic E-state index is -0.278. The van der Waals surface area contributed by atoms with Crippen LogP contribution < -0.4 is 10.1 Å². The van der Waals surface area contributed by atoms with Crippen LogP contribution in [-0.2, 0) is 6.54 Å². The third-order valence-corrected chi connectivity index (χ3v) is 3.54. The number of para-hydroxylation sites is 1. The highest BCUT2D eigenvalue weighted by Gasteiger charge is 2.10. The molecule has 24 heavy (non-hydrogen) atoms. The lowest BCUT2D eigenvalue weighted by molar-refractivity contribution is 0.0945. The molecule has 1 heterocycles. The number of phenolic OH excluding ortho intramolecular Hbond substituents is 1. The molecule has 0 unspecified atom stereocenters. The lowest BCUT2D eigenvalue weighted by atomic mass is 10.2. The number of ether oxygens (including phenoxy) is 1. The molecular formula is C18H17N3O3. The van der Waals surface area contributed by atoms with Crippen molar-refractivity contribution in [3.8, 4) is 17.2 Å². The van der Waals surface area contributed by atoms with Crippen molar-refractivity contribution in [3.05, 3.63) is 72.1 Å². The standard InChI is InChI=1S/C18H17N3O3/c1-24-17-8-7-13(11-16(17)22)12-19-18(23)15-9-10-21(20-15)14-5-3-2-4-6-14/h2-11,22H,12H2,1H3,(H,19,23). The number of aromatic hydroxyl groups is 1. The second-order valence-corrected chi connectivity index (χ2v) is 5.17. The molecule has 122 valence electrons. The second-order valence-electron chi connectivity index (χ2n) is 5.17. The van der Waals surface area contributed by atoms with Gasteiger partial charge in [-0.25, -0.2) is 4.68 Å². The summed E-state index contributed by atoms with van der Waals surface area (Å²) in [6.45, 7) is 0.286. The van der Waals surface area contributed by atoms with Crippen LogP contribution in [0, 0.1) is 0 Å². The number of hydrogen-bond donors (Lipinski definition) is 2. The maximum absolute atomic E-state index is 12.2. The highest BCUT2D eigenvalue weighted by Crippen LogP contribution is 2.26. The number of rotatable bonds is 5. The van der Waals surface area contributed by atoms with Gasteiger partial charge in [0.1, 0.15) is 0 Å². The molecule has 2 aromatic carbocycles. The smallest absolute Gasteiger partial charge is 0.272 e. The average Bonchev–Trinajstić information content (AvgIpc) is 3.11. The summed E-state index contributed by atoms with van der Waals surface area (Å²) in [5.74, 6) is 0.157. The van der Waals surface area contributed by atoms with Gasteiger partial charge in [0.05, 0.1) is 12.8 Å². The maximum Gasteiger partial charge on any atom is 0.272 e. The van der Waals surface area contributed by atoms with E-state index in [4.69, 9.17) is 4.74 Å². The van der Waals surface area contributed by atoms with Crippen molar-refractivity contribution in [2.24, 2.45) is 0 Å². The van der Waals surface area contributed by atoms with E-state index in [2.05, 4.69) is 10.4 Å². The fourth-order valence-electron chi connectivity index (χ4n) is 2.29. The van der Waals surface area contributed by atoms with Crippen molar-refractivity contribution >= 4 is 5.91 Å². The van der Waals surface area contributed by atoms with Crippen LogP contribution in [0.2, 0.25) is 0 Å². The molecule has 1 amide bonds. The largest absolute Gasteiger partial charge is 0.504 e. The fraction of sp³-hybridized carbons (Fsp3) is 0.111. The van der Waals surface area contributed by atoms with E-state index in [1.165, 1.54) is 7.11 Å². The molecule has 3 rings (SSSR count). The molecule has 2 N–H and O–H groups in total. The molecule has 1 aromatic heterocycles. The number of nitrogens with zero attached hydrogens (tertiary/aromatic N) is 2. The number of carbonyl (C=O) groups is 1. The van der Waals surface area contributed by atoms with Gasteiger partial charge in [-0.05, 0) is 35.9 Å². The first-order valence-corrected chi connectivity index (χ1v) is 7.42. The fourth-order valence-corrected chi connectivity index (χ4v) is 2.29. The van der Waals surface area contributed by atoms with E-state index in [1.807, 2.05) is 30.3 Å². The van der Waals surface area contributed by atoms with Crippen LogP contribution in [0.5, 0.6) is 11.5 Å². The Morgan fingerprint density at radius 2 is 2.00 bits per heavy atom. The van der Waals surface area contributed by atoms with Crippen LogP contribution in [-0.4, -0.2) is 27.9 Å². The number of aromatic nitrogens is 2.